The lowest BCUT2D eigenvalue weighted by molar-refractivity contribution is 0.0947. The van der Waals surface area contributed by atoms with Gasteiger partial charge in [-0.3, -0.25) is 4.79 Å². The Labute approximate surface area is 102 Å². The van der Waals surface area contributed by atoms with Crippen LogP contribution in [-0.2, 0) is 0 Å². The van der Waals surface area contributed by atoms with Crippen molar-refractivity contribution in [1.82, 2.24) is 5.32 Å². The number of halogens is 5. The van der Waals surface area contributed by atoms with Gasteiger partial charge in [0, 0.05) is 17.1 Å². The molecule has 0 bridgehead atoms. The average Bonchev–Trinajstić information content (AvgIpc) is 2.24. The van der Waals surface area contributed by atoms with Gasteiger partial charge in [-0.15, -0.1) is 0 Å². The van der Waals surface area contributed by atoms with Crippen molar-refractivity contribution >= 4 is 21.8 Å². The first kappa shape index (κ1) is 13.7. The van der Waals surface area contributed by atoms with E-state index in [1.165, 1.54) is 0 Å². The molecule has 1 N–H and O–H groups in total. The molecule has 0 aliphatic rings. The maximum Gasteiger partial charge on any atom is 0.257 e. The molecule has 0 spiro atoms. The summed E-state index contributed by atoms with van der Waals surface area (Å²) in [6, 6.07) is 0.0326. The number of rotatable bonds is 3. The van der Waals surface area contributed by atoms with Gasteiger partial charge in [-0.05, 0) is 0 Å². The van der Waals surface area contributed by atoms with Crippen LogP contribution in [0.1, 0.15) is 10.4 Å². The molecular formula is C10H6BrF4NO. The van der Waals surface area contributed by atoms with Gasteiger partial charge < -0.3 is 5.32 Å². The van der Waals surface area contributed by atoms with Crippen molar-refractivity contribution in [3.63, 3.8) is 0 Å². The van der Waals surface area contributed by atoms with Gasteiger partial charge in [0.05, 0.1) is 0 Å². The Morgan fingerprint density at radius 2 is 1.71 bits per heavy atom. The van der Waals surface area contributed by atoms with Gasteiger partial charge in [0.1, 0.15) is 5.56 Å². The monoisotopic (exact) mass is 311 g/mol. The molecule has 0 aliphatic heterocycles. The first-order valence-corrected chi connectivity index (χ1v) is 5.08. The van der Waals surface area contributed by atoms with Crippen molar-refractivity contribution in [1.29, 1.82) is 0 Å². The van der Waals surface area contributed by atoms with Gasteiger partial charge in [0.2, 0.25) is 0 Å². The average molecular weight is 312 g/mol. The zero-order valence-corrected chi connectivity index (χ0v) is 9.88. The summed E-state index contributed by atoms with van der Waals surface area (Å²) in [4.78, 5) is 11.3. The highest BCUT2D eigenvalue weighted by atomic mass is 79.9. The van der Waals surface area contributed by atoms with Crippen molar-refractivity contribution < 1.29 is 22.4 Å². The molecule has 1 aromatic rings. The number of carbonyl (C=O) groups excluding carboxylic acids is 1. The molecule has 0 atom stereocenters. The predicted octanol–water partition coefficient (Wildman–Crippen LogP) is 2.88. The van der Waals surface area contributed by atoms with Crippen LogP contribution in [0.3, 0.4) is 0 Å². The molecule has 0 radical (unpaired) electrons. The number of hydrogen-bond acceptors (Lipinski definition) is 1. The second-order valence-electron chi connectivity index (χ2n) is 3.04. The Bertz CT molecular complexity index is 463. The third kappa shape index (κ3) is 3.06. The fourth-order valence-electron chi connectivity index (χ4n) is 1.04. The Morgan fingerprint density at radius 3 is 2.12 bits per heavy atom. The normalized spacial score (nSPS) is 10.2. The zero-order chi connectivity index (χ0) is 13.2. The number of amides is 1. The fourth-order valence-corrected chi connectivity index (χ4v) is 1.18. The van der Waals surface area contributed by atoms with Crippen LogP contribution in [0.15, 0.2) is 17.1 Å². The third-order valence-corrected chi connectivity index (χ3v) is 2.06. The number of benzene rings is 1. The molecule has 0 saturated heterocycles. The van der Waals surface area contributed by atoms with E-state index in [2.05, 4.69) is 22.5 Å². The Morgan fingerprint density at radius 1 is 1.24 bits per heavy atom. The van der Waals surface area contributed by atoms with Gasteiger partial charge in [-0.25, -0.2) is 17.6 Å². The minimum absolute atomic E-state index is 0.0326. The van der Waals surface area contributed by atoms with E-state index in [0.29, 0.717) is 4.48 Å². The molecular weight excluding hydrogens is 306 g/mol. The summed E-state index contributed by atoms with van der Waals surface area (Å²) >= 11 is 2.90. The van der Waals surface area contributed by atoms with Crippen molar-refractivity contribution in [2.45, 2.75) is 0 Å². The summed E-state index contributed by atoms with van der Waals surface area (Å²) in [7, 11) is 0. The van der Waals surface area contributed by atoms with Crippen molar-refractivity contribution in [2.24, 2.45) is 0 Å². The van der Waals surface area contributed by atoms with E-state index < -0.39 is 34.7 Å². The topological polar surface area (TPSA) is 29.1 Å². The van der Waals surface area contributed by atoms with Gasteiger partial charge in [0.25, 0.3) is 5.91 Å². The Balaban J connectivity index is 3.12. The standard InChI is InChI=1S/C10H6BrF4NO/c1-4(11)3-16-10(17)7-8(14)5(12)2-6(13)9(7)15/h2H,1,3H2,(H,16,17). The molecule has 1 amide bonds. The summed E-state index contributed by atoms with van der Waals surface area (Å²) in [5.41, 5.74) is -1.30. The lowest BCUT2D eigenvalue weighted by Gasteiger charge is -2.07. The Hall–Kier alpha value is -1.37. The molecule has 1 aromatic carbocycles. The summed E-state index contributed by atoms with van der Waals surface area (Å²) in [6.07, 6.45) is 0. The highest BCUT2D eigenvalue weighted by Gasteiger charge is 2.24. The predicted molar refractivity (Wildman–Crippen MR) is 56.7 cm³/mol. The summed E-state index contributed by atoms with van der Waals surface area (Å²) in [5.74, 6) is -8.00. The van der Waals surface area contributed by atoms with Crippen LogP contribution < -0.4 is 5.32 Å². The van der Waals surface area contributed by atoms with E-state index in [-0.39, 0.29) is 12.6 Å². The molecule has 17 heavy (non-hydrogen) atoms. The quantitative estimate of drug-likeness (QED) is 0.675. The van der Waals surface area contributed by atoms with Gasteiger partial charge in [-0.2, -0.15) is 0 Å². The van der Waals surface area contributed by atoms with Crippen molar-refractivity contribution in [2.75, 3.05) is 6.54 Å². The zero-order valence-electron chi connectivity index (χ0n) is 8.29. The Kier molecular flexibility index (Phi) is 4.28. The molecule has 0 saturated carbocycles. The number of hydrogen-bond donors (Lipinski definition) is 1. The van der Waals surface area contributed by atoms with E-state index in [9.17, 15) is 22.4 Å². The highest BCUT2D eigenvalue weighted by Crippen LogP contribution is 2.19. The van der Waals surface area contributed by atoms with E-state index in [0.717, 1.165) is 0 Å². The summed E-state index contributed by atoms with van der Waals surface area (Å²) in [6.45, 7) is 3.24. The smallest absolute Gasteiger partial charge is 0.257 e. The second kappa shape index (κ2) is 5.31. The third-order valence-electron chi connectivity index (χ3n) is 1.78. The SMILES string of the molecule is C=C(Br)CNC(=O)c1c(F)c(F)cc(F)c1F. The maximum absolute atomic E-state index is 13.1. The van der Waals surface area contributed by atoms with Gasteiger partial charge in [0.15, 0.2) is 23.3 Å². The van der Waals surface area contributed by atoms with Gasteiger partial charge in [-0.1, -0.05) is 22.5 Å². The maximum atomic E-state index is 13.1. The molecule has 1 rings (SSSR count). The van der Waals surface area contributed by atoms with E-state index in [4.69, 9.17) is 0 Å². The van der Waals surface area contributed by atoms with Crippen molar-refractivity contribution in [3.05, 3.63) is 46.0 Å². The first-order valence-electron chi connectivity index (χ1n) is 4.29. The van der Waals surface area contributed by atoms with Crippen LogP contribution in [0.5, 0.6) is 0 Å². The molecule has 7 heteroatoms. The van der Waals surface area contributed by atoms with Crippen LogP contribution in [0.4, 0.5) is 17.6 Å². The highest BCUT2D eigenvalue weighted by molar-refractivity contribution is 9.11. The molecule has 0 heterocycles. The number of nitrogens with one attached hydrogen (secondary N) is 1. The van der Waals surface area contributed by atoms with E-state index >= 15 is 0 Å². The number of carbonyl (C=O) groups is 1. The van der Waals surface area contributed by atoms with Crippen LogP contribution in [0.25, 0.3) is 0 Å². The van der Waals surface area contributed by atoms with Crippen LogP contribution in [-0.4, -0.2) is 12.5 Å². The minimum Gasteiger partial charge on any atom is -0.347 e. The molecule has 0 aromatic heterocycles. The summed E-state index contributed by atoms with van der Waals surface area (Å²) < 4.78 is 52.2. The van der Waals surface area contributed by atoms with E-state index in [1.54, 1.807) is 0 Å². The molecule has 2 nitrogen and oxygen atoms in total. The van der Waals surface area contributed by atoms with Gasteiger partial charge >= 0.3 is 0 Å². The van der Waals surface area contributed by atoms with Crippen LogP contribution >= 0.6 is 15.9 Å². The molecule has 0 fully saturated rings. The van der Waals surface area contributed by atoms with Crippen LogP contribution in [0, 0.1) is 23.3 Å². The minimum atomic E-state index is -1.73. The van der Waals surface area contributed by atoms with E-state index in [1.807, 2.05) is 5.32 Å². The first-order chi connectivity index (χ1) is 7.84. The molecule has 92 valence electrons. The molecule has 0 unspecified atom stereocenters. The van der Waals surface area contributed by atoms with Crippen molar-refractivity contribution in [3.8, 4) is 0 Å². The lowest BCUT2D eigenvalue weighted by Crippen LogP contribution is -2.27. The second-order valence-corrected chi connectivity index (χ2v) is 4.16. The lowest BCUT2D eigenvalue weighted by atomic mass is 10.1. The largest absolute Gasteiger partial charge is 0.347 e. The molecule has 0 aliphatic carbocycles. The van der Waals surface area contributed by atoms with Crippen LogP contribution in [0.2, 0.25) is 0 Å². The summed E-state index contributed by atoms with van der Waals surface area (Å²) in [5, 5.41) is 2.04. The fraction of sp³-hybridized carbons (Fsp3) is 0.100.